The van der Waals surface area contributed by atoms with Gasteiger partial charge in [0.05, 0.1) is 5.41 Å². The van der Waals surface area contributed by atoms with Gasteiger partial charge in [-0.3, -0.25) is 4.79 Å². The highest BCUT2D eigenvalue weighted by Gasteiger charge is 2.43. The van der Waals surface area contributed by atoms with Gasteiger partial charge in [0.15, 0.2) is 0 Å². The molecule has 0 spiro atoms. The molecule has 1 N–H and O–H groups in total. The van der Waals surface area contributed by atoms with Crippen molar-refractivity contribution in [1.29, 1.82) is 0 Å². The van der Waals surface area contributed by atoms with Gasteiger partial charge in [0.1, 0.15) is 0 Å². The van der Waals surface area contributed by atoms with Crippen molar-refractivity contribution in [2.45, 2.75) is 58.3 Å². The Hall–Kier alpha value is -0.530. The monoisotopic (exact) mass is 210 g/mol. The summed E-state index contributed by atoms with van der Waals surface area (Å²) in [5.41, 5.74) is -0.358. The molecule has 0 aromatic rings. The molecule has 2 nitrogen and oxygen atoms in total. The van der Waals surface area contributed by atoms with Gasteiger partial charge in [0, 0.05) is 0 Å². The van der Waals surface area contributed by atoms with Crippen molar-refractivity contribution in [3.8, 4) is 0 Å². The number of hydrogen-bond acceptors (Lipinski definition) is 1. The summed E-state index contributed by atoms with van der Waals surface area (Å²) in [6.45, 7) is 2.21. The predicted molar refractivity (Wildman–Crippen MR) is 59.7 cm³/mol. The smallest absolute Gasteiger partial charge is 0.309 e. The highest BCUT2D eigenvalue weighted by molar-refractivity contribution is 5.74. The Bertz CT molecular complexity index is 245. The third-order valence-corrected chi connectivity index (χ3v) is 4.45. The lowest BCUT2D eigenvalue weighted by Crippen LogP contribution is -2.38. The first-order chi connectivity index (χ1) is 7.12. The molecule has 0 aliphatic heterocycles. The van der Waals surface area contributed by atoms with E-state index in [1.807, 2.05) is 0 Å². The Labute approximate surface area is 92.1 Å². The van der Waals surface area contributed by atoms with Gasteiger partial charge >= 0.3 is 5.97 Å². The Kier molecular flexibility index (Phi) is 3.03. The van der Waals surface area contributed by atoms with Crippen molar-refractivity contribution >= 4 is 5.97 Å². The van der Waals surface area contributed by atoms with Crippen LogP contribution >= 0.6 is 0 Å². The summed E-state index contributed by atoms with van der Waals surface area (Å²) in [5, 5.41) is 9.48. The molecular weight excluding hydrogens is 188 g/mol. The van der Waals surface area contributed by atoms with Gasteiger partial charge < -0.3 is 5.11 Å². The van der Waals surface area contributed by atoms with Crippen molar-refractivity contribution in [1.82, 2.24) is 0 Å². The second-order valence-electron chi connectivity index (χ2n) is 5.79. The first kappa shape index (κ1) is 11.0. The topological polar surface area (TPSA) is 37.3 Å². The first-order valence-corrected chi connectivity index (χ1v) is 6.36. The first-order valence-electron chi connectivity index (χ1n) is 6.36. The van der Waals surface area contributed by atoms with Crippen LogP contribution in [0.2, 0.25) is 0 Å². The van der Waals surface area contributed by atoms with Gasteiger partial charge in [0.2, 0.25) is 0 Å². The number of aliphatic carboxylic acids is 1. The Balaban J connectivity index is 2.04. The average molecular weight is 210 g/mol. The number of rotatable bonds is 3. The van der Waals surface area contributed by atoms with Crippen LogP contribution in [0, 0.1) is 17.3 Å². The quantitative estimate of drug-likeness (QED) is 0.774. The fraction of sp³-hybridized carbons (Fsp3) is 0.923. The van der Waals surface area contributed by atoms with Crippen molar-refractivity contribution < 1.29 is 9.90 Å². The minimum atomic E-state index is -0.527. The summed E-state index contributed by atoms with van der Waals surface area (Å²) in [7, 11) is 0. The number of hydrogen-bond donors (Lipinski definition) is 1. The maximum absolute atomic E-state index is 11.5. The summed E-state index contributed by atoms with van der Waals surface area (Å²) in [6, 6.07) is 0. The highest BCUT2D eigenvalue weighted by Crippen LogP contribution is 2.47. The molecule has 2 heteroatoms. The van der Waals surface area contributed by atoms with E-state index in [1.165, 1.54) is 25.7 Å². The lowest BCUT2D eigenvalue weighted by molar-refractivity contribution is -0.154. The number of carboxylic acids is 1. The Morgan fingerprint density at radius 1 is 1.33 bits per heavy atom. The molecule has 2 aliphatic rings. The van der Waals surface area contributed by atoms with Gasteiger partial charge in [-0.05, 0) is 31.1 Å². The van der Waals surface area contributed by atoms with Crippen LogP contribution in [-0.2, 0) is 4.79 Å². The van der Waals surface area contributed by atoms with Gasteiger partial charge in [-0.1, -0.05) is 39.0 Å². The zero-order chi connectivity index (χ0) is 10.9. The summed E-state index contributed by atoms with van der Waals surface area (Å²) in [5.74, 6) is 0.794. The maximum atomic E-state index is 11.5. The molecule has 0 heterocycles. The molecule has 15 heavy (non-hydrogen) atoms. The van der Waals surface area contributed by atoms with Crippen molar-refractivity contribution in [2.24, 2.45) is 17.3 Å². The molecule has 0 aromatic carbocycles. The maximum Gasteiger partial charge on any atom is 0.309 e. The summed E-state index contributed by atoms with van der Waals surface area (Å²) >= 11 is 0. The predicted octanol–water partition coefficient (Wildman–Crippen LogP) is 3.46. The summed E-state index contributed by atoms with van der Waals surface area (Å²) in [4.78, 5) is 11.5. The molecule has 2 unspecified atom stereocenters. The molecule has 0 aromatic heterocycles. The van der Waals surface area contributed by atoms with Crippen molar-refractivity contribution in [3.63, 3.8) is 0 Å². The van der Waals surface area contributed by atoms with E-state index in [4.69, 9.17) is 0 Å². The molecule has 0 radical (unpaired) electrons. The van der Waals surface area contributed by atoms with Crippen LogP contribution in [0.4, 0.5) is 0 Å². The summed E-state index contributed by atoms with van der Waals surface area (Å²) < 4.78 is 0. The molecule has 0 bridgehead atoms. The van der Waals surface area contributed by atoms with E-state index >= 15 is 0 Å². The average Bonchev–Trinajstić information content (AvgIpc) is 2.11. The van der Waals surface area contributed by atoms with Crippen LogP contribution < -0.4 is 0 Å². The molecule has 0 saturated heterocycles. The number of carboxylic acid groups (broad SMARTS) is 1. The van der Waals surface area contributed by atoms with Gasteiger partial charge in [0.25, 0.3) is 0 Å². The van der Waals surface area contributed by atoms with E-state index in [2.05, 4.69) is 6.92 Å². The van der Waals surface area contributed by atoms with E-state index in [0.29, 0.717) is 11.8 Å². The third kappa shape index (κ3) is 2.19. The SMILES string of the molecule is CC1CCCC(CC2CCC2)(C(=O)O)C1. The molecule has 86 valence electrons. The lowest BCUT2D eigenvalue weighted by atomic mass is 9.63. The van der Waals surface area contributed by atoms with Crippen molar-refractivity contribution in [3.05, 3.63) is 0 Å². The zero-order valence-electron chi connectivity index (χ0n) is 9.67. The van der Waals surface area contributed by atoms with E-state index in [1.54, 1.807) is 0 Å². The second-order valence-corrected chi connectivity index (χ2v) is 5.79. The van der Waals surface area contributed by atoms with E-state index in [9.17, 15) is 9.90 Å². The van der Waals surface area contributed by atoms with E-state index in [0.717, 1.165) is 25.7 Å². The van der Waals surface area contributed by atoms with Crippen LogP contribution in [0.15, 0.2) is 0 Å². The highest BCUT2D eigenvalue weighted by atomic mass is 16.4. The third-order valence-electron chi connectivity index (χ3n) is 4.45. The Morgan fingerprint density at radius 3 is 2.53 bits per heavy atom. The zero-order valence-corrected chi connectivity index (χ0v) is 9.67. The normalized spacial score (nSPS) is 37.3. The van der Waals surface area contributed by atoms with Crippen LogP contribution in [-0.4, -0.2) is 11.1 Å². The standard InChI is InChI=1S/C13H22O2/c1-10-4-3-7-13(8-10,12(14)15)9-11-5-2-6-11/h10-11H,2-9H2,1H3,(H,14,15). The van der Waals surface area contributed by atoms with Gasteiger partial charge in [-0.15, -0.1) is 0 Å². The van der Waals surface area contributed by atoms with E-state index in [-0.39, 0.29) is 5.41 Å². The van der Waals surface area contributed by atoms with E-state index < -0.39 is 5.97 Å². The fourth-order valence-electron chi connectivity index (χ4n) is 3.38. The van der Waals surface area contributed by atoms with Crippen LogP contribution in [0.5, 0.6) is 0 Å². The van der Waals surface area contributed by atoms with Crippen LogP contribution in [0.1, 0.15) is 58.3 Å². The molecule has 2 fully saturated rings. The van der Waals surface area contributed by atoms with Crippen LogP contribution in [0.3, 0.4) is 0 Å². The van der Waals surface area contributed by atoms with Gasteiger partial charge in [-0.25, -0.2) is 0 Å². The minimum absolute atomic E-state index is 0.358. The van der Waals surface area contributed by atoms with Gasteiger partial charge in [-0.2, -0.15) is 0 Å². The second kappa shape index (κ2) is 4.15. The summed E-state index contributed by atoms with van der Waals surface area (Å²) in [6.07, 6.45) is 8.97. The number of carbonyl (C=O) groups is 1. The van der Waals surface area contributed by atoms with Crippen molar-refractivity contribution in [2.75, 3.05) is 0 Å². The molecule has 2 rings (SSSR count). The fourth-order valence-corrected chi connectivity index (χ4v) is 3.38. The molecule has 0 amide bonds. The molecular formula is C13H22O2. The lowest BCUT2D eigenvalue weighted by Gasteiger charge is -2.41. The largest absolute Gasteiger partial charge is 0.481 e. The molecule has 2 atom stereocenters. The van der Waals surface area contributed by atoms with Crippen LogP contribution in [0.25, 0.3) is 0 Å². The molecule has 2 aliphatic carbocycles. The minimum Gasteiger partial charge on any atom is -0.481 e. The Morgan fingerprint density at radius 2 is 2.07 bits per heavy atom. The molecule has 2 saturated carbocycles.